The number of aromatic nitrogens is 2. The molecule has 28 heavy (non-hydrogen) atoms. The standard InChI is InChI=1S/C20H26ClN5O2/c21-17-5-3-15(4-6-17)18-23-20(28-24-18)26-12-7-16(8-13-26)19(27)22-9-14-25-10-1-2-11-25/h3-6,16H,1-2,7-14H2,(H,22,27). The Labute approximate surface area is 170 Å². The van der Waals surface area contributed by atoms with Crippen LogP contribution in [0.25, 0.3) is 11.4 Å². The molecule has 1 aromatic carbocycles. The highest BCUT2D eigenvalue weighted by molar-refractivity contribution is 6.30. The first-order valence-electron chi connectivity index (χ1n) is 10.0. The number of hydrogen-bond donors (Lipinski definition) is 1. The molecule has 2 aliphatic rings. The van der Waals surface area contributed by atoms with Crippen molar-refractivity contribution in [2.75, 3.05) is 44.2 Å². The van der Waals surface area contributed by atoms with Gasteiger partial charge in [-0.3, -0.25) is 4.79 Å². The molecule has 4 rings (SSSR count). The van der Waals surface area contributed by atoms with Gasteiger partial charge in [-0.1, -0.05) is 16.8 Å². The zero-order chi connectivity index (χ0) is 19.3. The van der Waals surface area contributed by atoms with Crippen LogP contribution < -0.4 is 10.2 Å². The molecular formula is C20H26ClN5O2. The van der Waals surface area contributed by atoms with Crippen molar-refractivity contribution in [1.29, 1.82) is 0 Å². The van der Waals surface area contributed by atoms with Crippen molar-refractivity contribution in [3.63, 3.8) is 0 Å². The van der Waals surface area contributed by atoms with Crippen LogP contribution in [-0.4, -0.2) is 60.2 Å². The molecule has 1 aromatic heterocycles. The molecule has 8 heteroatoms. The minimum Gasteiger partial charge on any atom is -0.355 e. The number of carbonyl (C=O) groups is 1. The van der Waals surface area contributed by atoms with Gasteiger partial charge in [-0.15, -0.1) is 0 Å². The van der Waals surface area contributed by atoms with Gasteiger partial charge in [0.1, 0.15) is 0 Å². The summed E-state index contributed by atoms with van der Waals surface area (Å²) in [6.07, 6.45) is 4.16. The first-order chi connectivity index (χ1) is 13.7. The number of anilines is 1. The van der Waals surface area contributed by atoms with Crippen molar-refractivity contribution in [2.45, 2.75) is 25.7 Å². The average Bonchev–Trinajstić information content (AvgIpc) is 3.41. The van der Waals surface area contributed by atoms with Gasteiger partial charge < -0.3 is 19.6 Å². The number of carbonyl (C=O) groups excluding carboxylic acids is 1. The maximum Gasteiger partial charge on any atom is 0.324 e. The number of amides is 1. The summed E-state index contributed by atoms with van der Waals surface area (Å²) in [5.41, 5.74) is 0.867. The van der Waals surface area contributed by atoms with E-state index in [2.05, 4.69) is 25.3 Å². The topological polar surface area (TPSA) is 74.5 Å². The molecule has 0 radical (unpaired) electrons. The van der Waals surface area contributed by atoms with Gasteiger partial charge in [0.2, 0.25) is 11.7 Å². The van der Waals surface area contributed by atoms with Gasteiger partial charge in [-0.05, 0) is 63.0 Å². The van der Waals surface area contributed by atoms with Gasteiger partial charge in [0.15, 0.2) is 0 Å². The fourth-order valence-corrected chi connectivity index (χ4v) is 4.01. The van der Waals surface area contributed by atoms with Gasteiger partial charge in [0, 0.05) is 42.7 Å². The van der Waals surface area contributed by atoms with Crippen LogP contribution in [0, 0.1) is 5.92 Å². The summed E-state index contributed by atoms with van der Waals surface area (Å²) < 4.78 is 5.43. The molecule has 0 aliphatic carbocycles. The number of nitrogens with one attached hydrogen (secondary N) is 1. The van der Waals surface area contributed by atoms with Crippen molar-refractivity contribution in [1.82, 2.24) is 20.4 Å². The average molecular weight is 404 g/mol. The van der Waals surface area contributed by atoms with Gasteiger partial charge in [-0.2, -0.15) is 4.98 Å². The molecule has 0 spiro atoms. The lowest BCUT2D eigenvalue weighted by Crippen LogP contribution is -2.42. The number of rotatable bonds is 6. The summed E-state index contributed by atoms with van der Waals surface area (Å²) in [4.78, 5) is 21.4. The van der Waals surface area contributed by atoms with E-state index in [1.165, 1.54) is 12.8 Å². The van der Waals surface area contributed by atoms with E-state index in [9.17, 15) is 4.79 Å². The van der Waals surface area contributed by atoms with Crippen LogP contribution in [0.5, 0.6) is 0 Å². The van der Waals surface area contributed by atoms with Gasteiger partial charge in [-0.25, -0.2) is 0 Å². The van der Waals surface area contributed by atoms with E-state index in [0.29, 0.717) is 16.9 Å². The van der Waals surface area contributed by atoms with Crippen LogP contribution in [0.3, 0.4) is 0 Å². The van der Waals surface area contributed by atoms with Crippen LogP contribution in [-0.2, 0) is 4.79 Å². The number of benzene rings is 1. The van der Waals surface area contributed by atoms with Crippen molar-refractivity contribution in [2.24, 2.45) is 5.92 Å². The number of likely N-dealkylation sites (tertiary alicyclic amines) is 1. The summed E-state index contributed by atoms with van der Waals surface area (Å²) in [5, 5.41) is 7.85. The van der Waals surface area contributed by atoms with Gasteiger partial charge in [0.25, 0.3) is 0 Å². The molecule has 150 valence electrons. The van der Waals surface area contributed by atoms with E-state index in [1.54, 1.807) is 12.1 Å². The van der Waals surface area contributed by atoms with Crippen LogP contribution in [0.2, 0.25) is 5.02 Å². The van der Waals surface area contributed by atoms with E-state index in [-0.39, 0.29) is 11.8 Å². The van der Waals surface area contributed by atoms with Gasteiger partial charge >= 0.3 is 6.01 Å². The van der Waals surface area contributed by atoms with E-state index < -0.39 is 0 Å². The molecular weight excluding hydrogens is 378 g/mol. The molecule has 0 atom stereocenters. The largest absolute Gasteiger partial charge is 0.355 e. The highest BCUT2D eigenvalue weighted by atomic mass is 35.5. The van der Waals surface area contributed by atoms with Crippen LogP contribution in [0.1, 0.15) is 25.7 Å². The SMILES string of the molecule is O=C(NCCN1CCCC1)C1CCN(c2nc(-c3ccc(Cl)cc3)no2)CC1. The fourth-order valence-electron chi connectivity index (χ4n) is 3.88. The Bertz CT molecular complexity index is 780. The molecule has 0 saturated carbocycles. The first kappa shape index (κ1) is 19.2. The molecule has 7 nitrogen and oxygen atoms in total. The highest BCUT2D eigenvalue weighted by Gasteiger charge is 2.27. The summed E-state index contributed by atoms with van der Waals surface area (Å²) in [5.74, 6) is 0.785. The van der Waals surface area contributed by atoms with E-state index in [0.717, 1.165) is 57.7 Å². The Balaban J connectivity index is 1.24. The summed E-state index contributed by atoms with van der Waals surface area (Å²) in [7, 11) is 0. The zero-order valence-electron chi connectivity index (χ0n) is 15.9. The Morgan fingerprint density at radius 2 is 1.86 bits per heavy atom. The highest BCUT2D eigenvalue weighted by Crippen LogP contribution is 2.25. The molecule has 2 aromatic rings. The number of hydrogen-bond acceptors (Lipinski definition) is 6. The lowest BCUT2D eigenvalue weighted by Gasteiger charge is -2.29. The second-order valence-electron chi connectivity index (χ2n) is 7.51. The Hall–Kier alpha value is -2.12. The number of nitrogens with zero attached hydrogens (tertiary/aromatic N) is 4. The predicted molar refractivity (Wildman–Crippen MR) is 108 cm³/mol. The van der Waals surface area contributed by atoms with Crippen LogP contribution >= 0.6 is 11.6 Å². The van der Waals surface area contributed by atoms with E-state index in [4.69, 9.17) is 16.1 Å². The number of piperidine rings is 1. The molecule has 2 aliphatic heterocycles. The van der Waals surface area contributed by atoms with Gasteiger partial charge in [0.05, 0.1) is 0 Å². The quantitative estimate of drug-likeness (QED) is 0.799. The smallest absolute Gasteiger partial charge is 0.324 e. The van der Waals surface area contributed by atoms with Crippen LogP contribution in [0.4, 0.5) is 6.01 Å². The minimum absolute atomic E-state index is 0.0634. The van der Waals surface area contributed by atoms with Crippen LogP contribution in [0.15, 0.2) is 28.8 Å². The maximum absolute atomic E-state index is 12.4. The number of halogens is 1. The monoisotopic (exact) mass is 403 g/mol. The van der Waals surface area contributed by atoms with E-state index >= 15 is 0 Å². The molecule has 2 fully saturated rings. The zero-order valence-corrected chi connectivity index (χ0v) is 16.7. The van der Waals surface area contributed by atoms with Crippen molar-refractivity contribution >= 4 is 23.5 Å². The third-order valence-corrected chi connectivity index (χ3v) is 5.83. The van der Waals surface area contributed by atoms with Crippen molar-refractivity contribution in [3.05, 3.63) is 29.3 Å². The van der Waals surface area contributed by atoms with Crippen molar-refractivity contribution < 1.29 is 9.32 Å². The Kier molecular flexibility index (Phi) is 6.12. The molecule has 0 unspecified atom stereocenters. The normalized spacial score (nSPS) is 18.5. The molecule has 2 saturated heterocycles. The predicted octanol–water partition coefficient (Wildman–Crippen LogP) is 2.82. The van der Waals surface area contributed by atoms with Crippen molar-refractivity contribution in [3.8, 4) is 11.4 Å². The Morgan fingerprint density at radius 1 is 1.14 bits per heavy atom. The minimum atomic E-state index is 0.0634. The second-order valence-corrected chi connectivity index (χ2v) is 7.94. The molecule has 1 amide bonds. The first-order valence-corrected chi connectivity index (χ1v) is 10.4. The molecule has 1 N–H and O–H groups in total. The van der Waals surface area contributed by atoms with E-state index in [1.807, 2.05) is 12.1 Å². The molecule has 0 bridgehead atoms. The lowest BCUT2D eigenvalue weighted by molar-refractivity contribution is -0.125. The lowest BCUT2D eigenvalue weighted by atomic mass is 9.96. The summed E-state index contributed by atoms with van der Waals surface area (Å²) >= 11 is 5.92. The summed E-state index contributed by atoms with van der Waals surface area (Å²) in [6, 6.07) is 7.87. The molecule has 3 heterocycles. The fraction of sp³-hybridized carbons (Fsp3) is 0.550. The second kappa shape index (κ2) is 8.92. The third-order valence-electron chi connectivity index (χ3n) is 5.58. The summed E-state index contributed by atoms with van der Waals surface area (Å²) in [6.45, 7) is 5.51. The Morgan fingerprint density at radius 3 is 2.57 bits per heavy atom. The maximum atomic E-state index is 12.4. The third kappa shape index (κ3) is 4.64.